The van der Waals surface area contributed by atoms with E-state index in [0.29, 0.717) is 44.3 Å². The summed E-state index contributed by atoms with van der Waals surface area (Å²) in [5, 5.41) is 0. The molecule has 144 valence electrons. The van der Waals surface area contributed by atoms with E-state index in [4.69, 9.17) is 27.8 Å². The van der Waals surface area contributed by atoms with Crippen LogP contribution in [0.1, 0.15) is 51.5 Å². The predicted molar refractivity (Wildman–Crippen MR) is 103 cm³/mol. The first-order valence-electron chi connectivity index (χ1n) is 9.23. The summed E-state index contributed by atoms with van der Waals surface area (Å²) in [6.45, 7) is 4.05. The molecular formula is C20H29ClN2O3. The van der Waals surface area contributed by atoms with Gasteiger partial charge in [-0.3, -0.25) is 9.59 Å². The van der Waals surface area contributed by atoms with Crippen LogP contribution in [0.3, 0.4) is 0 Å². The summed E-state index contributed by atoms with van der Waals surface area (Å²) in [7, 11) is 0. The molecule has 4 N–H and O–H groups in total. The number of halogens is 1. The Morgan fingerprint density at radius 3 is 2.19 bits per heavy atom. The second-order valence-electron chi connectivity index (χ2n) is 7.21. The molecule has 1 aliphatic rings. The summed E-state index contributed by atoms with van der Waals surface area (Å²) in [4.78, 5) is 24.5. The molecule has 1 saturated carbocycles. The van der Waals surface area contributed by atoms with E-state index in [1.54, 1.807) is 6.92 Å². The molecule has 0 heterocycles. The summed E-state index contributed by atoms with van der Waals surface area (Å²) in [5.41, 5.74) is 11.3. The molecule has 1 aliphatic carbocycles. The van der Waals surface area contributed by atoms with Crippen molar-refractivity contribution < 1.29 is 14.3 Å². The second-order valence-corrected chi connectivity index (χ2v) is 7.86. The van der Waals surface area contributed by atoms with E-state index in [-0.39, 0.29) is 12.3 Å². The van der Waals surface area contributed by atoms with Crippen LogP contribution >= 0.6 is 11.6 Å². The fourth-order valence-corrected chi connectivity index (χ4v) is 4.19. The molecule has 0 saturated heterocycles. The van der Waals surface area contributed by atoms with E-state index >= 15 is 0 Å². The van der Waals surface area contributed by atoms with Crippen LogP contribution in [0.2, 0.25) is 0 Å². The second kappa shape index (κ2) is 8.07. The van der Waals surface area contributed by atoms with Crippen LogP contribution in [-0.4, -0.2) is 30.4 Å². The van der Waals surface area contributed by atoms with Crippen LogP contribution in [0.4, 0.5) is 0 Å². The minimum Gasteiger partial charge on any atom is -0.465 e. The van der Waals surface area contributed by atoms with Gasteiger partial charge in [0.15, 0.2) is 5.78 Å². The van der Waals surface area contributed by atoms with Gasteiger partial charge < -0.3 is 16.2 Å². The molecule has 1 aromatic rings. The standard InChI is InChI=1S/C20H29ClN2O3/c1-3-18(10-12-19(23,13-11-18)17(25)26-4-2)16(24)20(21,14-22)15-8-6-5-7-9-15/h5-9H,3-4,10-14,22-23H2,1-2H3. The van der Waals surface area contributed by atoms with Crippen molar-refractivity contribution in [1.82, 2.24) is 0 Å². The first-order valence-corrected chi connectivity index (χ1v) is 9.61. The number of carbonyl (C=O) groups excluding carboxylic acids is 2. The fraction of sp³-hybridized carbons (Fsp3) is 0.600. The number of alkyl halides is 1. The molecule has 1 fully saturated rings. The lowest BCUT2D eigenvalue weighted by molar-refractivity contribution is -0.154. The molecule has 0 radical (unpaired) electrons. The zero-order valence-corrected chi connectivity index (χ0v) is 16.3. The van der Waals surface area contributed by atoms with Crippen molar-refractivity contribution in [2.24, 2.45) is 16.9 Å². The predicted octanol–water partition coefficient (Wildman–Crippen LogP) is 2.88. The number of esters is 1. The van der Waals surface area contributed by atoms with Gasteiger partial charge >= 0.3 is 5.97 Å². The third-order valence-electron chi connectivity index (χ3n) is 5.81. The number of benzene rings is 1. The lowest BCUT2D eigenvalue weighted by Crippen LogP contribution is -2.56. The number of hydrogen-bond donors (Lipinski definition) is 2. The number of carbonyl (C=O) groups is 2. The highest BCUT2D eigenvalue weighted by Crippen LogP contribution is 2.48. The Balaban J connectivity index is 2.28. The van der Waals surface area contributed by atoms with Crippen LogP contribution in [0.5, 0.6) is 0 Å². The Kier molecular flexibility index (Phi) is 6.48. The first kappa shape index (κ1) is 20.9. The number of rotatable bonds is 7. The Morgan fingerprint density at radius 1 is 1.15 bits per heavy atom. The SMILES string of the molecule is CCOC(=O)C1(N)CCC(CC)(C(=O)C(Cl)(CN)c2ccccc2)CC1. The molecule has 1 unspecified atom stereocenters. The highest BCUT2D eigenvalue weighted by molar-refractivity contribution is 6.36. The van der Waals surface area contributed by atoms with Crippen LogP contribution in [-0.2, 0) is 19.2 Å². The van der Waals surface area contributed by atoms with E-state index in [1.807, 2.05) is 37.3 Å². The van der Waals surface area contributed by atoms with Crippen LogP contribution < -0.4 is 11.5 Å². The highest BCUT2D eigenvalue weighted by atomic mass is 35.5. The molecule has 2 rings (SSSR count). The smallest absolute Gasteiger partial charge is 0.326 e. The Labute approximate surface area is 160 Å². The van der Waals surface area contributed by atoms with Gasteiger partial charge in [-0.1, -0.05) is 37.3 Å². The van der Waals surface area contributed by atoms with Gasteiger partial charge in [-0.2, -0.15) is 0 Å². The molecule has 0 amide bonds. The van der Waals surface area contributed by atoms with Gasteiger partial charge in [-0.05, 0) is 44.6 Å². The first-order chi connectivity index (χ1) is 12.3. The molecule has 26 heavy (non-hydrogen) atoms. The zero-order chi connectivity index (χ0) is 19.4. The third-order valence-corrected chi connectivity index (χ3v) is 6.36. The molecule has 0 bridgehead atoms. The fourth-order valence-electron chi connectivity index (χ4n) is 3.86. The number of ether oxygens (including phenoxy) is 1. The quantitative estimate of drug-likeness (QED) is 0.560. The van der Waals surface area contributed by atoms with Crippen LogP contribution in [0.15, 0.2) is 30.3 Å². The maximum Gasteiger partial charge on any atom is 0.326 e. The Bertz CT molecular complexity index is 642. The molecule has 0 aliphatic heterocycles. The van der Waals surface area contributed by atoms with Crippen molar-refractivity contribution in [3.63, 3.8) is 0 Å². The van der Waals surface area contributed by atoms with Crippen molar-refractivity contribution in [2.45, 2.75) is 56.4 Å². The number of nitrogens with two attached hydrogens (primary N) is 2. The van der Waals surface area contributed by atoms with Gasteiger partial charge in [0.25, 0.3) is 0 Å². The average Bonchev–Trinajstić information content (AvgIpc) is 2.68. The van der Waals surface area contributed by atoms with Crippen molar-refractivity contribution in [3.8, 4) is 0 Å². The molecular weight excluding hydrogens is 352 g/mol. The number of Topliss-reactive ketones (excluding diaryl/α,β-unsaturated/α-hetero) is 1. The van der Waals surface area contributed by atoms with E-state index in [2.05, 4.69) is 0 Å². The molecule has 6 heteroatoms. The maximum absolute atomic E-state index is 13.5. The summed E-state index contributed by atoms with van der Waals surface area (Å²) < 4.78 is 5.11. The minimum atomic E-state index is -1.27. The molecule has 1 aromatic carbocycles. The number of hydrogen-bond acceptors (Lipinski definition) is 5. The molecule has 5 nitrogen and oxygen atoms in total. The minimum absolute atomic E-state index is 0.0186. The summed E-state index contributed by atoms with van der Waals surface area (Å²) >= 11 is 6.79. The molecule has 0 spiro atoms. The normalized spacial score (nSPS) is 28.2. The van der Waals surface area contributed by atoms with Crippen molar-refractivity contribution in [2.75, 3.05) is 13.2 Å². The third kappa shape index (κ3) is 3.66. The largest absolute Gasteiger partial charge is 0.465 e. The summed E-state index contributed by atoms with van der Waals surface area (Å²) in [5.74, 6) is -0.468. The average molecular weight is 381 g/mol. The summed E-state index contributed by atoms with van der Waals surface area (Å²) in [6.07, 6.45) is 2.43. The van der Waals surface area contributed by atoms with E-state index in [9.17, 15) is 9.59 Å². The van der Waals surface area contributed by atoms with Gasteiger partial charge in [-0.15, -0.1) is 11.6 Å². The Hall–Kier alpha value is -1.43. The number of ketones is 1. The Morgan fingerprint density at radius 2 is 1.73 bits per heavy atom. The molecule has 0 aromatic heterocycles. The van der Waals surface area contributed by atoms with E-state index in [1.165, 1.54) is 0 Å². The van der Waals surface area contributed by atoms with Crippen molar-refractivity contribution in [3.05, 3.63) is 35.9 Å². The topological polar surface area (TPSA) is 95.4 Å². The van der Waals surface area contributed by atoms with Crippen molar-refractivity contribution in [1.29, 1.82) is 0 Å². The lowest BCUT2D eigenvalue weighted by atomic mass is 9.61. The van der Waals surface area contributed by atoms with E-state index < -0.39 is 21.8 Å². The zero-order valence-electron chi connectivity index (χ0n) is 15.6. The van der Waals surface area contributed by atoms with Gasteiger partial charge in [0.05, 0.1) is 6.61 Å². The van der Waals surface area contributed by atoms with Gasteiger partial charge in [-0.25, -0.2) is 0 Å². The van der Waals surface area contributed by atoms with Gasteiger partial charge in [0, 0.05) is 12.0 Å². The van der Waals surface area contributed by atoms with E-state index in [0.717, 1.165) is 0 Å². The van der Waals surface area contributed by atoms with Crippen LogP contribution in [0, 0.1) is 5.41 Å². The maximum atomic E-state index is 13.5. The van der Waals surface area contributed by atoms with Crippen molar-refractivity contribution >= 4 is 23.4 Å². The highest BCUT2D eigenvalue weighted by Gasteiger charge is 2.53. The molecule has 1 atom stereocenters. The summed E-state index contributed by atoms with van der Waals surface area (Å²) in [6, 6.07) is 9.23. The lowest BCUT2D eigenvalue weighted by Gasteiger charge is -2.45. The van der Waals surface area contributed by atoms with Crippen LogP contribution in [0.25, 0.3) is 0 Å². The monoisotopic (exact) mass is 380 g/mol. The van der Waals surface area contributed by atoms with Gasteiger partial charge in [0.1, 0.15) is 10.4 Å². The van der Waals surface area contributed by atoms with Gasteiger partial charge in [0.2, 0.25) is 0 Å².